The summed E-state index contributed by atoms with van der Waals surface area (Å²) in [5, 5.41) is 5.00. The lowest BCUT2D eigenvalue weighted by molar-refractivity contribution is 0.445. The Morgan fingerprint density at radius 1 is 1.00 bits per heavy atom. The van der Waals surface area contributed by atoms with E-state index in [0.29, 0.717) is 22.3 Å². The fourth-order valence-electron chi connectivity index (χ4n) is 5.00. The van der Waals surface area contributed by atoms with Gasteiger partial charge in [-0.1, -0.05) is 42.5 Å². The van der Waals surface area contributed by atoms with E-state index in [2.05, 4.69) is 14.7 Å². The number of nitrogens with two attached hydrogens (primary N) is 1. The molecule has 3 aromatic heterocycles. The van der Waals surface area contributed by atoms with E-state index in [1.165, 1.54) is 41.3 Å². The highest BCUT2D eigenvalue weighted by Crippen LogP contribution is 2.36. The highest BCUT2D eigenvalue weighted by atomic mass is 32.2. The number of aromatic nitrogens is 4. The van der Waals surface area contributed by atoms with Crippen LogP contribution in [0.3, 0.4) is 0 Å². The van der Waals surface area contributed by atoms with Gasteiger partial charge in [0.15, 0.2) is 5.65 Å². The molecule has 13 heteroatoms. The van der Waals surface area contributed by atoms with Crippen LogP contribution in [0.4, 0.5) is 14.6 Å². The van der Waals surface area contributed by atoms with Gasteiger partial charge in [0.05, 0.1) is 17.2 Å². The lowest BCUT2D eigenvalue weighted by atomic mass is 9.99. The van der Waals surface area contributed by atoms with Gasteiger partial charge in [-0.15, -0.1) is 0 Å². The Morgan fingerprint density at radius 3 is 2.47 bits per heavy atom. The molecule has 3 N–H and O–H groups in total. The Labute approximate surface area is 243 Å². The van der Waals surface area contributed by atoms with Crippen LogP contribution in [0.25, 0.3) is 44.4 Å². The Hall–Kier alpha value is -5.01. The van der Waals surface area contributed by atoms with Crippen LogP contribution in [0.2, 0.25) is 0 Å². The van der Waals surface area contributed by atoms with Gasteiger partial charge in [-0.3, -0.25) is 4.79 Å². The molecule has 6 aromatic rings. The number of hydrogen-bond donors (Lipinski definition) is 2. The molecule has 0 spiro atoms. The van der Waals surface area contributed by atoms with Gasteiger partial charge < -0.3 is 10.2 Å². The summed E-state index contributed by atoms with van der Waals surface area (Å²) >= 11 is 0. The van der Waals surface area contributed by atoms with Gasteiger partial charge in [0.25, 0.3) is 0 Å². The summed E-state index contributed by atoms with van der Waals surface area (Å²) in [6, 6.07) is 15.7. The van der Waals surface area contributed by atoms with E-state index in [1.807, 2.05) is 0 Å². The van der Waals surface area contributed by atoms with Crippen molar-refractivity contribution >= 4 is 37.8 Å². The number of nitrogens with one attached hydrogen (secondary N) is 1. The molecule has 1 atom stereocenters. The largest absolute Gasteiger partial charge is 0.458 e. The van der Waals surface area contributed by atoms with Crippen molar-refractivity contribution in [3.63, 3.8) is 0 Å². The number of benzene rings is 3. The topological polar surface area (TPSA) is 146 Å². The Kier molecular flexibility index (Phi) is 6.98. The second-order valence-electron chi connectivity index (χ2n) is 10.0. The molecule has 0 radical (unpaired) electrons. The van der Waals surface area contributed by atoms with Gasteiger partial charge in [-0.2, -0.15) is 5.10 Å². The van der Waals surface area contributed by atoms with Crippen LogP contribution in [0.15, 0.2) is 82.3 Å². The Balaban J connectivity index is 1.54. The zero-order chi connectivity index (χ0) is 30.5. The second kappa shape index (κ2) is 10.7. The van der Waals surface area contributed by atoms with E-state index in [4.69, 9.17) is 15.2 Å². The van der Waals surface area contributed by atoms with Crippen molar-refractivity contribution in [1.29, 1.82) is 0 Å². The average molecular weight is 603 g/mol. The van der Waals surface area contributed by atoms with E-state index < -0.39 is 33.1 Å². The summed E-state index contributed by atoms with van der Waals surface area (Å²) in [5.74, 6) is -1.06. The number of anilines is 1. The molecule has 3 aromatic carbocycles. The maximum atomic E-state index is 14.8. The number of halogens is 2. The van der Waals surface area contributed by atoms with Crippen LogP contribution in [-0.2, 0) is 16.6 Å². The Morgan fingerprint density at radius 2 is 1.74 bits per heavy atom. The minimum absolute atomic E-state index is 0.0143. The highest BCUT2D eigenvalue weighted by molar-refractivity contribution is 7.88. The van der Waals surface area contributed by atoms with E-state index >= 15 is 0 Å². The molecule has 0 saturated carbocycles. The molecule has 218 valence electrons. The molecule has 6 rings (SSSR count). The van der Waals surface area contributed by atoms with Crippen molar-refractivity contribution in [3.8, 4) is 22.4 Å². The molecule has 0 amide bonds. The maximum Gasteiger partial charge on any atom is 0.209 e. The molecule has 43 heavy (non-hydrogen) atoms. The van der Waals surface area contributed by atoms with Crippen LogP contribution >= 0.6 is 0 Å². The van der Waals surface area contributed by atoms with Crippen molar-refractivity contribution < 1.29 is 21.6 Å². The normalized spacial score (nSPS) is 12.7. The highest BCUT2D eigenvalue weighted by Gasteiger charge is 2.27. The first kappa shape index (κ1) is 28.1. The minimum atomic E-state index is -3.37. The molecule has 0 bridgehead atoms. The third-order valence-corrected chi connectivity index (χ3v) is 7.71. The fraction of sp³-hybridized carbons (Fsp3) is 0.133. The van der Waals surface area contributed by atoms with Crippen molar-refractivity contribution in [2.45, 2.75) is 19.5 Å². The lowest BCUT2D eigenvalue weighted by Gasteiger charge is -2.17. The van der Waals surface area contributed by atoms with Crippen LogP contribution in [0.1, 0.15) is 24.3 Å². The van der Waals surface area contributed by atoms with Gasteiger partial charge in [-0.05, 0) is 42.3 Å². The number of fused-ring (bicyclic) bond motifs is 2. The molecule has 0 aliphatic carbocycles. The molecule has 0 saturated heterocycles. The second-order valence-corrected chi connectivity index (χ2v) is 11.8. The molecular formula is C30H24F2N6O4S. The van der Waals surface area contributed by atoms with E-state index in [9.17, 15) is 22.0 Å². The van der Waals surface area contributed by atoms with Gasteiger partial charge in [-0.25, -0.2) is 36.6 Å². The standard InChI is InChI=1S/C30H24F2N6O4S/c1-16(28-23(19-5-3-6-20(31)13-19)27(39)24-21(32)7-4-8-22(24)42-28)38-30-25(29(33)34-15-35-30)26(37-38)18-11-9-17(10-12-18)14-36-43(2,40)41/h3-13,15-16,36H,14H2,1-2H3,(H2,33,34,35). The maximum absolute atomic E-state index is 14.8. The first-order valence-electron chi connectivity index (χ1n) is 13.1. The molecule has 0 aliphatic rings. The molecule has 0 fully saturated rings. The van der Waals surface area contributed by atoms with Crippen LogP contribution in [0.5, 0.6) is 0 Å². The number of nitrogens with zero attached hydrogens (tertiary/aromatic N) is 4. The summed E-state index contributed by atoms with van der Waals surface area (Å²) in [6.07, 6.45) is 2.36. The van der Waals surface area contributed by atoms with Gasteiger partial charge >= 0.3 is 0 Å². The van der Waals surface area contributed by atoms with E-state index in [0.717, 1.165) is 17.9 Å². The molecule has 3 heterocycles. The van der Waals surface area contributed by atoms with Crippen molar-refractivity contribution in [2.75, 3.05) is 12.0 Å². The van der Waals surface area contributed by atoms with Gasteiger partial charge in [0, 0.05) is 12.1 Å². The Bertz CT molecular complexity index is 2200. The van der Waals surface area contributed by atoms with Crippen molar-refractivity contribution in [2.24, 2.45) is 0 Å². The van der Waals surface area contributed by atoms with Crippen molar-refractivity contribution in [1.82, 2.24) is 24.5 Å². The predicted molar refractivity (Wildman–Crippen MR) is 159 cm³/mol. The lowest BCUT2D eigenvalue weighted by Crippen LogP contribution is -2.21. The summed E-state index contributed by atoms with van der Waals surface area (Å²) in [4.78, 5) is 22.3. The number of hydrogen-bond acceptors (Lipinski definition) is 8. The van der Waals surface area contributed by atoms with Crippen molar-refractivity contribution in [3.05, 3.63) is 106 Å². The van der Waals surface area contributed by atoms with E-state index in [1.54, 1.807) is 37.3 Å². The minimum Gasteiger partial charge on any atom is -0.458 e. The monoisotopic (exact) mass is 602 g/mol. The summed E-state index contributed by atoms with van der Waals surface area (Å²) in [6.45, 7) is 1.84. The number of sulfonamides is 1. The quantitative estimate of drug-likeness (QED) is 0.265. The SMILES string of the molecule is CC(c1oc2cccc(F)c2c(=O)c1-c1cccc(F)c1)n1nc(-c2ccc(CNS(C)(=O)=O)cc2)c2c(N)ncnc21. The van der Waals surface area contributed by atoms with Crippen LogP contribution in [-0.4, -0.2) is 34.4 Å². The molecule has 10 nitrogen and oxygen atoms in total. The first-order valence-corrected chi connectivity index (χ1v) is 14.9. The summed E-state index contributed by atoms with van der Waals surface area (Å²) in [7, 11) is -3.37. The molecular weight excluding hydrogens is 578 g/mol. The zero-order valence-electron chi connectivity index (χ0n) is 22.9. The molecule has 0 aliphatic heterocycles. The van der Waals surface area contributed by atoms with Gasteiger partial charge in [0.2, 0.25) is 15.5 Å². The van der Waals surface area contributed by atoms with Crippen LogP contribution < -0.4 is 15.9 Å². The smallest absolute Gasteiger partial charge is 0.209 e. The number of nitrogen functional groups attached to an aromatic ring is 1. The van der Waals surface area contributed by atoms with Crippen LogP contribution in [0, 0.1) is 11.6 Å². The summed E-state index contributed by atoms with van der Waals surface area (Å²) < 4.78 is 62.3. The average Bonchev–Trinajstić information content (AvgIpc) is 3.36. The predicted octanol–water partition coefficient (Wildman–Crippen LogP) is 4.79. The summed E-state index contributed by atoms with van der Waals surface area (Å²) in [5.41, 5.74) is 7.99. The third-order valence-electron chi connectivity index (χ3n) is 7.04. The fourth-order valence-corrected chi connectivity index (χ4v) is 5.43. The number of rotatable bonds is 7. The molecule has 1 unspecified atom stereocenters. The zero-order valence-corrected chi connectivity index (χ0v) is 23.7. The third kappa shape index (κ3) is 5.24. The van der Waals surface area contributed by atoms with Gasteiger partial charge in [0.1, 0.15) is 52.2 Å². The first-order chi connectivity index (χ1) is 20.5. The van der Waals surface area contributed by atoms with E-state index in [-0.39, 0.29) is 40.2 Å².